The Balaban J connectivity index is 1.94. The van der Waals surface area contributed by atoms with Crippen molar-refractivity contribution in [1.29, 1.82) is 5.26 Å². The molecule has 0 spiro atoms. The van der Waals surface area contributed by atoms with Crippen LogP contribution in [0, 0.1) is 17.2 Å². The minimum Gasteiger partial charge on any atom is -0.444 e. The van der Waals surface area contributed by atoms with Crippen LogP contribution in [0.3, 0.4) is 0 Å². The number of carbonyl (C=O) groups excluding carboxylic acids is 2. The van der Waals surface area contributed by atoms with Crippen LogP contribution in [0.4, 0.5) is 4.79 Å². The minimum atomic E-state index is -0.528. The van der Waals surface area contributed by atoms with E-state index >= 15 is 0 Å². The Kier molecular flexibility index (Phi) is 6.22. The van der Waals surface area contributed by atoms with Gasteiger partial charge >= 0.3 is 6.09 Å². The normalized spacial score (nSPS) is 26.6. The quantitative estimate of drug-likeness (QED) is 0.721. The summed E-state index contributed by atoms with van der Waals surface area (Å²) >= 11 is 0. The van der Waals surface area contributed by atoms with E-state index in [2.05, 4.69) is 6.07 Å². The lowest BCUT2D eigenvalue weighted by Gasteiger charge is -2.47. The number of piperidine rings is 1. The molecule has 0 aromatic heterocycles. The predicted molar refractivity (Wildman–Crippen MR) is 88.3 cm³/mol. The first kappa shape index (κ1) is 18.7. The van der Waals surface area contributed by atoms with Crippen LogP contribution in [0.15, 0.2) is 0 Å². The molecule has 1 amide bonds. The molecule has 0 N–H and O–H groups in total. The van der Waals surface area contributed by atoms with E-state index in [9.17, 15) is 9.59 Å². The molecule has 6 heteroatoms. The molecule has 2 fully saturated rings. The van der Waals surface area contributed by atoms with Crippen molar-refractivity contribution in [3.8, 4) is 6.07 Å². The van der Waals surface area contributed by atoms with Gasteiger partial charge in [-0.1, -0.05) is 0 Å². The van der Waals surface area contributed by atoms with Crippen molar-refractivity contribution in [2.75, 3.05) is 13.2 Å². The lowest BCUT2D eigenvalue weighted by molar-refractivity contribution is -0.132. The van der Waals surface area contributed by atoms with E-state index in [0.29, 0.717) is 38.9 Å². The number of morpholine rings is 1. The Labute approximate surface area is 144 Å². The number of nitrogens with zero attached hydrogens (tertiary/aromatic N) is 2. The number of ketones is 1. The molecule has 6 nitrogen and oxygen atoms in total. The van der Waals surface area contributed by atoms with Crippen LogP contribution < -0.4 is 0 Å². The Morgan fingerprint density at radius 1 is 1.21 bits per heavy atom. The van der Waals surface area contributed by atoms with E-state index in [-0.39, 0.29) is 29.9 Å². The standard InChI is InChI=1S/C18H28N2O4/c1-18(2,3)24-17(22)20-14-9-13(10-15(20)12-23-11-14)16(21)7-5-4-6-8-19/h13-15H,4-7,9-12H2,1-3H3. The lowest BCUT2D eigenvalue weighted by Crippen LogP contribution is -2.60. The zero-order valence-corrected chi connectivity index (χ0v) is 14.9. The van der Waals surface area contributed by atoms with Gasteiger partial charge in [-0.2, -0.15) is 5.26 Å². The second-order valence-electron chi connectivity index (χ2n) is 7.73. The summed E-state index contributed by atoms with van der Waals surface area (Å²) in [6.45, 7) is 6.50. The number of hydrogen-bond acceptors (Lipinski definition) is 5. The molecule has 2 aliphatic rings. The largest absolute Gasteiger partial charge is 0.444 e. The zero-order chi connectivity index (χ0) is 17.7. The predicted octanol–water partition coefficient (Wildman–Crippen LogP) is 3.05. The zero-order valence-electron chi connectivity index (χ0n) is 14.9. The summed E-state index contributed by atoms with van der Waals surface area (Å²) in [4.78, 5) is 26.7. The first-order chi connectivity index (χ1) is 11.3. The van der Waals surface area contributed by atoms with Crippen molar-refractivity contribution < 1.29 is 19.1 Å². The van der Waals surface area contributed by atoms with E-state index < -0.39 is 5.60 Å². The Morgan fingerprint density at radius 2 is 1.83 bits per heavy atom. The van der Waals surface area contributed by atoms with Crippen LogP contribution >= 0.6 is 0 Å². The maximum absolute atomic E-state index is 12.5. The number of nitriles is 1. The van der Waals surface area contributed by atoms with Crippen LogP contribution in [-0.2, 0) is 14.3 Å². The average Bonchev–Trinajstić information content (AvgIpc) is 2.48. The number of unbranched alkanes of at least 4 members (excludes halogenated alkanes) is 2. The topological polar surface area (TPSA) is 79.6 Å². The van der Waals surface area contributed by atoms with Crippen LogP contribution in [0.5, 0.6) is 0 Å². The van der Waals surface area contributed by atoms with E-state index in [1.807, 2.05) is 20.8 Å². The molecular weight excluding hydrogens is 308 g/mol. The summed E-state index contributed by atoms with van der Waals surface area (Å²) < 4.78 is 11.1. The number of carbonyl (C=O) groups is 2. The summed E-state index contributed by atoms with van der Waals surface area (Å²) in [6, 6.07) is 1.94. The number of fused-ring (bicyclic) bond motifs is 2. The highest BCUT2D eigenvalue weighted by atomic mass is 16.6. The summed E-state index contributed by atoms with van der Waals surface area (Å²) in [5.41, 5.74) is -0.528. The number of hydrogen-bond donors (Lipinski definition) is 0. The monoisotopic (exact) mass is 336 g/mol. The fourth-order valence-electron chi connectivity index (χ4n) is 3.50. The third-order valence-corrected chi connectivity index (χ3v) is 4.54. The van der Waals surface area contributed by atoms with Gasteiger partial charge in [0.05, 0.1) is 31.4 Å². The molecule has 0 radical (unpaired) electrons. The molecule has 134 valence electrons. The Morgan fingerprint density at radius 3 is 2.38 bits per heavy atom. The highest BCUT2D eigenvalue weighted by molar-refractivity contribution is 5.81. The lowest BCUT2D eigenvalue weighted by atomic mass is 9.81. The second kappa shape index (κ2) is 7.98. The average molecular weight is 336 g/mol. The summed E-state index contributed by atoms with van der Waals surface area (Å²) in [5, 5.41) is 8.55. The highest BCUT2D eigenvalue weighted by Gasteiger charge is 2.44. The molecule has 2 atom stereocenters. The maximum Gasteiger partial charge on any atom is 0.410 e. The van der Waals surface area contributed by atoms with E-state index in [4.69, 9.17) is 14.7 Å². The van der Waals surface area contributed by atoms with Crippen molar-refractivity contribution in [1.82, 2.24) is 4.90 Å². The van der Waals surface area contributed by atoms with Crippen molar-refractivity contribution >= 4 is 11.9 Å². The van der Waals surface area contributed by atoms with Gasteiger partial charge in [-0.3, -0.25) is 9.69 Å². The van der Waals surface area contributed by atoms with Gasteiger partial charge in [0.2, 0.25) is 0 Å². The number of rotatable bonds is 5. The molecule has 24 heavy (non-hydrogen) atoms. The van der Waals surface area contributed by atoms with Gasteiger partial charge in [-0.15, -0.1) is 0 Å². The molecule has 2 heterocycles. The SMILES string of the molecule is CC(C)(C)OC(=O)N1C2COCC1CC(C(=O)CCCCC#N)C2. The van der Waals surface area contributed by atoms with Gasteiger partial charge in [0.15, 0.2) is 0 Å². The van der Waals surface area contributed by atoms with E-state index in [0.717, 1.165) is 12.8 Å². The fraction of sp³-hybridized carbons (Fsp3) is 0.833. The van der Waals surface area contributed by atoms with Crippen molar-refractivity contribution in [3.05, 3.63) is 0 Å². The van der Waals surface area contributed by atoms with Crippen LogP contribution in [0.25, 0.3) is 0 Å². The molecule has 0 aromatic rings. The van der Waals surface area contributed by atoms with Crippen LogP contribution in [-0.4, -0.2) is 47.7 Å². The maximum atomic E-state index is 12.5. The molecule has 2 unspecified atom stereocenters. The van der Waals surface area contributed by atoms with Crippen LogP contribution in [0.2, 0.25) is 0 Å². The van der Waals surface area contributed by atoms with Gasteiger partial charge < -0.3 is 9.47 Å². The van der Waals surface area contributed by atoms with Gasteiger partial charge in [0.25, 0.3) is 0 Å². The molecule has 2 bridgehead atoms. The number of amides is 1. The van der Waals surface area contributed by atoms with Crippen LogP contribution in [0.1, 0.15) is 59.3 Å². The first-order valence-corrected chi connectivity index (χ1v) is 8.80. The summed E-state index contributed by atoms with van der Waals surface area (Å²) in [5.74, 6) is 0.248. The third-order valence-electron chi connectivity index (χ3n) is 4.54. The van der Waals surface area contributed by atoms with Crippen molar-refractivity contribution in [2.45, 2.75) is 77.0 Å². The number of Topliss-reactive ketones (excluding diaryl/α,β-unsaturated/α-hetero) is 1. The Hall–Kier alpha value is -1.61. The first-order valence-electron chi connectivity index (χ1n) is 8.80. The molecule has 2 saturated heterocycles. The van der Waals surface area contributed by atoms with Crippen molar-refractivity contribution in [2.24, 2.45) is 5.92 Å². The summed E-state index contributed by atoms with van der Waals surface area (Å²) in [7, 11) is 0. The minimum absolute atomic E-state index is 0.00956. The summed E-state index contributed by atoms with van der Waals surface area (Å²) in [6.07, 6.45) is 3.56. The Bertz CT molecular complexity index is 492. The third kappa shape index (κ3) is 4.94. The number of ether oxygens (including phenoxy) is 2. The van der Waals surface area contributed by atoms with Gasteiger partial charge in [-0.25, -0.2) is 4.79 Å². The molecular formula is C18H28N2O4. The highest BCUT2D eigenvalue weighted by Crippen LogP contribution is 2.34. The van der Waals surface area contributed by atoms with E-state index in [1.165, 1.54) is 0 Å². The molecule has 0 saturated carbocycles. The van der Waals surface area contributed by atoms with Gasteiger partial charge in [0.1, 0.15) is 11.4 Å². The molecule has 2 rings (SSSR count). The van der Waals surface area contributed by atoms with E-state index in [1.54, 1.807) is 4.90 Å². The van der Waals surface area contributed by atoms with Gasteiger partial charge in [0, 0.05) is 18.8 Å². The smallest absolute Gasteiger partial charge is 0.410 e. The molecule has 0 aromatic carbocycles. The fourth-order valence-corrected chi connectivity index (χ4v) is 3.50. The molecule has 0 aliphatic carbocycles. The molecule has 2 aliphatic heterocycles. The van der Waals surface area contributed by atoms with Crippen molar-refractivity contribution in [3.63, 3.8) is 0 Å². The van der Waals surface area contributed by atoms with Gasteiger partial charge in [-0.05, 0) is 46.5 Å². The second-order valence-corrected chi connectivity index (χ2v) is 7.73.